The monoisotopic (exact) mass is 585 g/mol. The van der Waals surface area contributed by atoms with Crippen LogP contribution in [0.15, 0.2) is 59.7 Å². The number of aliphatic hydroxyl groups is 6. The quantitative estimate of drug-likeness (QED) is 0.134. The molecule has 0 amide bonds. The van der Waals surface area contributed by atoms with Gasteiger partial charge in [-0.2, -0.15) is 4.98 Å². The second-order valence-electron chi connectivity index (χ2n) is 11.3. The Kier molecular flexibility index (Phi) is 5.77. The zero-order valence-corrected chi connectivity index (χ0v) is 22.4. The molecule has 8 N–H and O–H groups in total. The van der Waals surface area contributed by atoms with E-state index in [2.05, 4.69) is 20.3 Å². The summed E-state index contributed by atoms with van der Waals surface area (Å²) in [5, 5.41) is 72.3. The van der Waals surface area contributed by atoms with Crippen LogP contribution in [0.25, 0.3) is 43.5 Å². The third kappa shape index (κ3) is 3.67. The Hall–Kier alpha value is -4.21. The van der Waals surface area contributed by atoms with Gasteiger partial charge >= 0.3 is 0 Å². The highest BCUT2D eigenvalue weighted by atomic mass is 16.6. The predicted octanol–water partition coefficient (Wildman–Crippen LogP) is 0.550. The third-order valence-electron chi connectivity index (χ3n) is 8.88. The minimum atomic E-state index is -1.54. The minimum Gasteiger partial charge on any atom is -0.394 e. The van der Waals surface area contributed by atoms with Gasteiger partial charge in [0.05, 0.1) is 19.0 Å². The van der Waals surface area contributed by atoms with Crippen LogP contribution < -0.4 is 10.9 Å². The number of hydrogen-bond acceptors (Lipinski definition) is 11. The Morgan fingerprint density at radius 3 is 2.40 bits per heavy atom. The number of fused-ring (bicyclic) bond motifs is 3. The Bertz CT molecular complexity index is 2080. The van der Waals surface area contributed by atoms with Gasteiger partial charge in [-0.3, -0.25) is 14.3 Å². The highest BCUT2D eigenvalue weighted by Crippen LogP contribution is 2.46. The van der Waals surface area contributed by atoms with Crippen LogP contribution in [0, 0.1) is 0 Å². The molecule has 1 aliphatic heterocycles. The number of aromatic nitrogens is 4. The summed E-state index contributed by atoms with van der Waals surface area (Å²) in [6.07, 6.45) is -8.19. The predicted molar refractivity (Wildman–Crippen MR) is 155 cm³/mol. The lowest BCUT2D eigenvalue weighted by Gasteiger charge is -2.38. The van der Waals surface area contributed by atoms with Gasteiger partial charge in [-0.15, -0.1) is 0 Å². The first-order valence-corrected chi connectivity index (χ1v) is 13.9. The highest BCUT2D eigenvalue weighted by molar-refractivity contribution is 6.24. The number of aliphatic hydroxyl groups excluding tert-OH is 6. The largest absolute Gasteiger partial charge is 0.394 e. The Balaban J connectivity index is 1.29. The van der Waals surface area contributed by atoms with Crippen LogP contribution in [0.4, 0.5) is 5.95 Å². The summed E-state index contributed by atoms with van der Waals surface area (Å²) in [6, 6.07) is 14.7. The summed E-state index contributed by atoms with van der Waals surface area (Å²) in [5.41, 5.74) is 0.311. The molecule has 0 spiro atoms. The molecule has 1 aliphatic carbocycles. The molecule has 2 aromatic heterocycles. The van der Waals surface area contributed by atoms with E-state index in [1.807, 2.05) is 48.5 Å². The number of H-pyrrole nitrogens is 1. The average molecular weight is 586 g/mol. The molecule has 220 valence electrons. The lowest BCUT2D eigenvalue weighted by molar-refractivity contribution is -0.0767. The summed E-state index contributed by atoms with van der Waals surface area (Å²) in [6.45, 7) is -0.530. The number of nitrogens with one attached hydrogen (secondary N) is 2. The molecule has 3 heterocycles. The molecule has 2 aliphatic rings. The summed E-state index contributed by atoms with van der Waals surface area (Å²) < 4.78 is 6.90. The molecule has 4 aromatic carbocycles. The number of anilines is 1. The molecule has 13 heteroatoms. The first-order valence-electron chi connectivity index (χ1n) is 13.9. The van der Waals surface area contributed by atoms with Crippen LogP contribution in [-0.2, 0) is 4.74 Å². The van der Waals surface area contributed by atoms with Crippen molar-refractivity contribution >= 4 is 49.4 Å². The first kappa shape index (κ1) is 26.4. The van der Waals surface area contributed by atoms with Crippen molar-refractivity contribution in [1.82, 2.24) is 19.5 Å². The molecular formula is C30H27N5O8. The van der Waals surface area contributed by atoms with Gasteiger partial charge in [0.2, 0.25) is 5.95 Å². The first-order chi connectivity index (χ1) is 20.8. The molecule has 0 unspecified atom stereocenters. The molecule has 0 bridgehead atoms. The van der Waals surface area contributed by atoms with Gasteiger partial charge in [-0.1, -0.05) is 42.5 Å². The van der Waals surface area contributed by atoms with E-state index in [9.17, 15) is 35.4 Å². The fourth-order valence-corrected chi connectivity index (χ4v) is 6.78. The Morgan fingerprint density at radius 2 is 1.65 bits per heavy atom. The van der Waals surface area contributed by atoms with E-state index in [0.29, 0.717) is 11.1 Å². The van der Waals surface area contributed by atoms with Crippen LogP contribution in [0.5, 0.6) is 0 Å². The minimum absolute atomic E-state index is 0.0163. The van der Waals surface area contributed by atoms with Crippen molar-refractivity contribution in [3.05, 3.63) is 76.3 Å². The van der Waals surface area contributed by atoms with Gasteiger partial charge in [-0.05, 0) is 49.5 Å². The van der Waals surface area contributed by atoms with E-state index in [1.54, 1.807) is 0 Å². The van der Waals surface area contributed by atoms with Gasteiger partial charge < -0.3 is 40.7 Å². The SMILES string of the molecule is O=c1[nH]c(N[C@H]2c3c(cc4ccc5cccc6ccc3c4c56)[C@@H](O)[C@H](O)[C@H]2O)nc2c1ncn2[C@@H]1O[C@H](CO)[C@@H](O)[C@H]1O. The number of rotatable bonds is 4. The zero-order chi connectivity index (χ0) is 29.7. The van der Waals surface area contributed by atoms with E-state index in [1.165, 1.54) is 10.9 Å². The van der Waals surface area contributed by atoms with Gasteiger partial charge in [0, 0.05) is 0 Å². The van der Waals surface area contributed by atoms with Gasteiger partial charge in [-0.25, -0.2) is 4.98 Å². The normalized spacial score (nSPS) is 29.3. The van der Waals surface area contributed by atoms with Crippen LogP contribution in [-0.4, -0.2) is 87.3 Å². The van der Waals surface area contributed by atoms with Crippen molar-refractivity contribution in [3.63, 3.8) is 0 Å². The average Bonchev–Trinajstić information content (AvgIpc) is 3.56. The van der Waals surface area contributed by atoms with Gasteiger partial charge in [0.1, 0.15) is 36.6 Å². The maximum Gasteiger partial charge on any atom is 0.280 e. The fraction of sp³-hybridized carbons (Fsp3) is 0.300. The van der Waals surface area contributed by atoms with Crippen molar-refractivity contribution < 1.29 is 35.4 Å². The summed E-state index contributed by atoms with van der Waals surface area (Å²) in [5.74, 6) is -0.0738. The Labute approximate surface area is 241 Å². The topological polar surface area (TPSA) is 206 Å². The van der Waals surface area contributed by atoms with Crippen molar-refractivity contribution in [1.29, 1.82) is 0 Å². The molecule has 43 heavy (non-hydrogen) atoms. The number of imidazole rings is 1. The highest BCUT2D eigenvalue weighted by Gasteiger charge is 2.45. The Morgan fingerprint density at radius 1 is 0.907 bits per heavy atom. The molecule has 0 saturated carbocycles. The lowest BCUT2D eigenvalue weighted by Crippen LogP contribution is -2.44. The molecule has 8 atom stereocenters. The lowest BCUT2D eigenvalue weighted by atomic mass is 9.77. The summed E-state index contributed by atoms with van der Waals surface area (Å²) in [4.78, 5) is 24.3. The smallest absolute Gasteiger partial charge is 0.280 e. The van der Waals surface area contributed by atoms with E-state index in [0.717, 1.165) is 32.3 Å². The number of nitrogens with zero attached hydrogens (tertiary/aromatic N) is 3. The van der Waals surface area contributed by atoms with E-state index in [-0.39, 0.29) is 17.1 Å². The number of hydrogen-bond donors (Lipinski definition) is 8. The van der Waals surface area contributed by atoms with Crippen LogP contribution >= 0.6 is 0 Å². The van der Waals surface area contributed by atoms with Crippen LogP contribution in [0.1, 0.15) is 29.5 Å². The maximum atomic E-state index is 13.1. The third-order valence-corrected chi connectivity index (χ3v) is 8.88. The van der Waals surface area contributed by atoms with Crippen LogP contribution in [0.2, 0.25) is 0 Å². The van der Waals surface area contributed by atoms with Gasteiger partial charge in [0.25, 0.3) is 5.56 Å². The van der Waals surface area contributed by atoms with E-state index >= 15 is 0 Å². The molecule has 6 aromatic rings. The van der Waals surface area contributed by atoms with E-state index < -0.39 is 61.1 Å². The van der Waals surface area contributed by atoms with Crippen molar-refractivity contribution in [2.24, 2.45) is 0 Å². The van der Waals surface area contributed by atoms with Crippen molar-refractivity contribution in [2.75, 3.05) is 11.9 Å². The van der Waals surface area contributed by atoms with Gasteiger partial charge in [0.15, 0.2) is 17.4 Å². The maximum absolute atomic E-state index is 13.1. The van der Waals surface area contributed by atoms with E-state index in [4.69, 9.17) is 4.74 Å². The fourth-order valence-electron chi connectivity index (χ4n) is 6.78. The number of ether oxygens (including phenoxy) is 1. The second kappa shape index (κ2) is 9.39. The molecule has 1 fully saturated rings. The molecule has 0 radical (unpaired) electrons. The molecule has 13 nitrogen and oxygen atoms in total. The van der Waals surface area contributed by atoms with Crippen molar-refractivity contribution in [3.8, 4) is 0 Å². The molecule has 1 saturated heterocycles. The standard InChI is InChI=1S/C30H27N5O8/c36-9-16-23(38)26(41)29(43-16)35-10-31-21-27(35)33-30(34-28(21)42)32-20-19-14-7-6-12-3-1-2-11-4-5-13(18(14)17(11)12)8-15(19)22(37)25(40)24(20)39/h1-8,10,16,20,22-26,29,36-41H,9H2,(H2,32,33,34,42)/t16-,20+,22-,23-,24+,25+,26-,29-/m1/s1. The number of benzene rings is 4. The second-order valence-corrected chi connectivity index (χ2v) is 11.3. The molecular weight excluding hydrogens is 558 g/mol. The molecule has 8 rings (SSSR count). The summed E-state index contributed by atoms with van der Waals surface area (Å²) in [7, 11) is 0. The zero-order valence-electron chi connectivity index (χ0n) is 22.4. The number of aromatic amines is 1. The summed E-state index contributed by atoms with van der Waals surface area (Å²) >= 11 is 0. The van der Waals surface area contributed by atoms with Crippen LogP contribution in [0.3, 0.4) is 0 Å². The van der Waals surface area contributed by atoms with Crippen molar-refractivity contribution in [2.45, 2.75) is 48.9 Å².